The van der Waals surface area contributed by atoms with Crippen molar-refractivity contribution < 1.29 is 14.3 Å². The van der Waals surface area contributed by atoms with Gasteiger partial charge in [0.25, 0.3) is 0 Å². The van der Waals surface area contributed by atoms with Gasteiger partial charge in [0.2, 0.25) is 11.6 Å². The molecule has 0 aliphatic heterocycles. The Morgan fingerprint density at radius 2 is 1.78 bits per heavy atom. The van der Waals surface area contributed by atoms with E-state index in [0.29, 0.717) is 0 Å². The highest BCUT2D eigenvalue weighted by atomic mass is 16.5. The number of hydrogen-bond donors (Lipinski definition) is 0. The van der Waals surface area contributed by atoms with Crippen LogP contribution in [0.5, 0.6) is 0 Å². The highest BCUT2D eigenvalue weighted by Crippen LogP contribution is 2.13. The van der Waals surface area contributed by atoms with Crippen molar-refractivity contribution in [2.45, 2.75) is 18.9 Å². The van der Waals surface area contributed by atoms with Crippen LogP contribution in [0.15, 0.2) is 0 Å². The van der Waals surface area contributed by atoms with Crippen molar-refractivity contribution in [2.24, 2.45) is 0 Å². The summed E-state index contributed by atoms with van der Waals surface area (Å²) in [7, 11) is 1.51. The first kappa shape index (κ1) is 6.42. The lowest BCUT2D eigenvalue weighted by atomic mass is 10.3. The van der Waals surface area contributed by atoms with E-state index in [2.05, 4.69) is 0 Å². The molecule has 0 amide bonds. The Morgan fingerprint density at radius 3 is 2.00 bits per heavy atom. The van der Waals surface area contributed by atoms with Gasteiger partial charge in [-0.2, -0.15) is 0 Å². The molecular formula is C6H8O3. The Labute approximate surface area is 53.0 Å². The quantitative estimate of drug-likeness (QED) is 0.464. The lowest BCUT2D eigenvalue weighted by molar-refractivity contribution is -0.134. The second-order valence-electron chi connectivity index (χ2n) is 2.11. The van der Waals surface area contributed by atoms with E-state index in [1.807, 2.05) is 0 Å². The zero-order valence-electron chi connectivity index (χ0n) is 5.22. The first-order valence-electron chi connectivity index (χ1n) is 2.83. The molecule has 50 valence electrons. The molecule has 1 fully saturated rings. The second-order valence-corrected chi connectivity index (χ2v) is 2.11. The van der Waals surface area contributed by atoms with Crippen molar-refractivity contribution in [3.63, 3.8) is 0 Å². The van der Waals surface area contributed by atoms with Gasteiger partial charge >= 0.3 is 0 Å². The molecule has 3 heteroatoms. The fraction of sp³-hybridized carbons (Fsp3) is 0.667. The summed E-state index contributed by atoms with van der Waals surface area (Å²) in [4.78, 5) is 21.0. The Morgan fingerprint density at radius 1 is 1.33 bits per heavy atom. The maximum atomic E-state index is 10.5. The predicted molar refractivity (Wildman–Crippen MR) is 30.0 cm³/mol. The maximum Gasteiger partial charge on any atom is 0.201 e. The van der Waals surface area contributed by atoms with E-state index in [4.69, 9.17) is 4.74 Å². The first-order valence-corrected chi connectivity index (χ1v) is 2.83. The van der Waals surface area contributed by atoms with Gasteiger partial charge in [0.1, 0.15) is 0 Å². The van der Waals surface area contributed by atoms with Crippen LogP contribution in [0.4, 0.5) is 0 Å². The summed E-state index contributed by atoms with van der Waals surface area (Å²) >= 11 is 0. The fourth-order valence-electron chi connectivity index (χ4n) is 0.880. The Hall–Kier alpha value is -0.700. The summed E-state index contributed by atoms with van der Waals surface area (Å²) in [6, 6.07) is 0. The molecule has 1 aliphatic carbocycles. The summed E-state index contributed by atoms with van der Waals surface area (Å²) in [6.07, 6.45) is 0.398. The van der Waals surface area contributed by atoms with Gasteiger partial charge in [-0.25, -0.2) is 0 Å². The van der Waals surface area contributed by atoms with Gasteiger partial charge in [0.05, 0.1) is 6.10 Å². The summed E-state index contributed by atoms with van der Waals surface area (Å²) in [6.45, 7) is 0. The van der Waals surface area contributed by atoms with Crippen LogP contribution in [-0.4, -0.2) is 24.8 Å². The van der Waals surface area contributed by atoms with Crippen LogP contribution in [-0.2, 0) is 14.3 Å². The number of carbonyl (C=O) groups excluding carboxylic acids is 2. The van der Waals surface area contributed by atoms with E-state index < -0.39 is 0 Å². The van der Waals surface area contributed by atoms with E-state index in [0.717, 1.165) is 0 Å². The van der Waals surface area contributed by atoms with Gasteiger partial charge in [-0.15, -0.1) is 0 Å². The summed E-state index contributed by atoms with van der Waals surface area (Å²) in [5.74, 6) is -0.580. The van der Waals surface area contributed by atoms with Crippen molar-refractivity contribution in [3.8, 4) is 0 Å². The normalized spacial score (nSPS) is 21.4. The third kappa shape index (κ3) is 1.16. The van der Waals surface area contributed by atoms with E-state index in [-0.39, 0.29) is 30.5 Å². The molecule has 0 aromatic rings. The molecule has 0 spiro atoms. The third-order valence-electron chi connectivity index (χ3n) is 1.47. The summed E-state index contributed by atoms with van der Waals surface area (Å²) in [5.41, 5.74) is 0. The monoisotopic (exact) mass is 128 g/mol. The first-order chi connectivity index (χ1) is 4.24. The number of Topliss-reactive ketones (excluding diaryl/α,β-unsaturated/α-hetero) is 2. The van der Waals surface area contributed by atoms with Gasteiger partial charge in [-0.3, -0.25) is 9.59 Å². The van der Waals surface area contributed by atoms with Crippen LogP contribution in [0.25, 0.3) is 0 Å². The average molecular weight is 128 g/mol. The fourth-order valence-corrected chi connectivity index (χ4v) is 0.880. The SMILES string of the molecule is COC1CC(=O)C(=O)C1. The second kappa shape index (κ2) is 2.27. The van der Waals surface area contributed by atoms with Crippen LogP contribution in [0, 0.1) is 0 Å². The molecule has 9 heavy (non-hydrogen) atoms. The molecule has 1 saturated carbocycles. The van der Waals surface area contributed by atoms with Crippen LogP contribution in [0.3, 0.4) is 0 Å². The number of carbonyl (C=O) groups is 2. The molecule has 0 bridgehead atoms. The zero-order chi connectivity index (χ0) is 6.85. The minimum Gasteiger partial charge on any atom is -0.381 e. The van der Waals surface area contributed by atoms with Crippen LogP contribution >= 0.6 is 0 Å². The molecule has 0 radical (unpaired) electrons. The number of ketones is 2. The van der Waals surface area contributed by atoms with Crippen molar-refractivity contribution in [3.05, 3.63) is 0 Å². The van der Waals surface area contributed by atoms with Crippen LogP contribution in [0.2, 0.25) is 0 Å². The number of ether oxygens (including phenoxy) is 1. The minimum atomic E-state index is -0.290. The van der Waals surface area contributed by atoms with Gasteiger partial charge in [-0.1, -0.05) is 0 Å². The molecule has 0 saturated heterocycles. The topological polar surface area (TPSA) is 43.4 Å². The number of methoxy groups -OCH3 is 1. The highest BCUT2D eigenvalue weighted by Gasteiger charge is 2.29. The lowest BCUT2D eigenvalue weighted by Gasteiger charge is -2.00. The molecule has 0 aromatic heterocycles. The third-order valence-corrected chi connectivity index (χ3v) is 1.47. The van der Waals surface area contributed by atoms with Crippen molar-refractivity contribution >= 4 is 11.6 Å². The van der Waals surface area contributed by atoms with Crippen molar-refractivity contribution in [1.29, 1.82) is 0 Å². The summed E-state index contributed by atoms with van der Waals surface area (Å²) < 4.78 is 4.81. The number of hydrogen-bond acceptors (Lipinski definition) is 3. The van der Waals surface area contributed by atoms with E-state index >= 15 is 0 Å². The molecule has 0 heterocycles. The number of rotatable bonds is 1. The smallest absolute Gasteiger partial charge is 0.201 e. The van der Waals surface area contributed by atoms with Gasteiger partial charge < -0.3 is 4.74 Å². The Balaban J connectivity index is 2.54. The van der Waals surface area contributed by atoms with E-state index in [9.17, 15) is 9.59 Å². The zero-order valence-corrected chi connectivity index (χ0v) is 5.22. The molecular weight excluding hydrogens is 120 g/mol. The van der Waals surface area contributed by atoms with Crippen LogP contribution < -0.4 is 0 Å². The molecule has 3 nitrogen and oxygen atoms in total. The standard InChI is InChI=1S/C6H8O3/c1-9-4-2-5(7)6(8)3-4/h4H,2-3H2,1H3. The minimum absolute atomic E-state index is 0.148. The average Bonchev–Trinajstić information content (AvgIpc) is 2.13. The molecule has 1 aliphatic rings. The molecule has 0 N–H and O–H groups in total. The summed E-state index contributed by atoms with van der Waals surface area (Å²) in [5, 5.41) is 0. The molecule has 0 aromatic carbocycles. The van der Waals surface area contributed by atoms with Crippen LogP contribution in [0.1, 0.15) is 12.8 Å². The van der Waals surface area contributed by atoms with Gasteiger partial charge in [0, 0.05) is 20.0 Å². The predicted octanol–water partition coefficient (Wildman–Crippen LogP) is -0.0666. The molecule has 0 unspecified atom stereocenters. The largest absolute Gasteiger partial charge is 0.381 e. The van der Waals surface area contributed by atoms with E-state index in [1.165, 1.54) is 7.11 Å². The maximum absolute atomic E-state index is 10.5. The Kier molecular flexibility index (Phi) is 1.62. The molecule has 1 rings (SSSR count). The Bertz CT molecular complexity index is 134. The van der Waals surface area contributed by atoms with Crippen molar-refractivity contribution in [2.75, 3.05) is 7.11 Å². The highest BCUT2D eigenvalue weighted by molar-refractivity contribution is 6.39. The van der Waals surface area contributed by atoms with Gasteiger partial charge in [-0.05, 0) is 0 Å². The van der Waals surface area contributed by atoms with Crippen molar-refractivity contribution in [1.82, 2.24) is 0 Å². The lowest BCUT2D eigenvalue weighted by Crippen LogP contribution is -2.03. The van der Waals surface area contributed by atoms with E-state index in [1.54, 1.807) is 0 Å². The van der Waals surface area contributed by atoms with Gasteiger partial charge in [0.15, 0.2) is 0 Å². The molecule has 0 atom stereocenters.